The van der Waals surface area contributed by atoms with Crippen molar-refractivity contribution in [2.45, 2.75) is 26.8 Å². The molecular weight excluding hydrogens is 268 g/mol. The quantitative estimate of drug-likeness (QED) is 0.912. The first kappa shape index (κ1) is 13.8. The van der Waals surface area contributed by atoms with Crippen molar-refractivity contribution < 1.29 is 9.53 Å². The first-order valence-electron chi connectivity index (χ1n) is 7.03. The van der Waals surface area contributed by atoms with Crippen molar-refractivity contribution in [2.24, 2.45) is 0 Å². The number of carbonyl (C=O) groups excluding carboxylic acids is 1. The van der Waals surface area contributed by atoms with Crippen LogP contribution in [0.25, 0.3) is 0 Å². The van der Waals surface area contributed by atoms with E-state index in [-0.39, 0.29) is 5.91 Å². The zero-order chi connectivity index (χ0) is 14.8. The lowest BCUT2D eigenvalue weighted by Gasteiger charge is -2.09. The molecule has 1 aromatic heterocycles. The molecule has 0 radical (unpaired) electrons. The lowest BCUT2D eigenvalue weighted by molar-refractivity contribution is 0.100. The van der Waals surface area contributed by atoms with E-state index < -0.39 is 0 Å². The predicted octanol–water partition coefficient (Wildman–Crippen LogP) is 1.72. The molecule has 2 aromatic rings. The minimum atomic E-state index is -0.237. The minimum Gasteiger partial charge on any atom is -0.379 e. The number of anilines is 1. The molecule has 21 heavy (non-hydrogen) atoms. The number of ether oxygens (including phenoxy) is 1. The third-order valence-electron chi connectivity index (χ3n) is 3.72. The van der Waals surface area contributed by atoms with Gasteiger partial charge in [-0.25, -0.2) is 0 Å². The van der Waals surface area contributed by atoms with Crippen LogP contribution in [0, 0.1) is 13.8 Å². The van der Waals surface area contributed by atoms with Crippen molar-refractivity contribution in [1.29, 1.82) is 0 Å². The Morgan fingerprint density at radius 1 is 1.24 bits per heavy atom. The second-order valence-electron chi connectivity index (χ2n) is 5.21. The van der Waals surface area contributed by atoms with Crippen LogP contribution >= 0.6 is 0 Å². The number of nitrogens with one attached hydrogen (secondary N) is 1. The molecule has 6 nitrogen and oxygen atoms in total. The van der Waals surface area contributed by atoms with Crippen LogP contribution in [0.4, 0.5) is 5.69 Å². The number of hydrogen-bond acceptors (Lipinski definition) is 4. The summed E-state index contributed by atoms with van der Waals surface area (Å²) in [6.45, 7) is 5.87. The van der Waals surface area contributed by atoms with Gasteiger partial charge in [0, 0.05) is 18.7 Å². The molecule has 0 atom stereocenters. The van der Waals surface area contributed by atoms with Crippen molar-refractivity contribution in [1.82, 2.24) is 14.8 Å². The summed E-state index contributed by atoms with van der Waals surface area (Å²) >= 11 is 0. The Kier molecular flexibility index (Phi) is 3.70. The topological polar surface area (TPSA) is 69.0 Å². The molecular formula is C15H18N4O2. The third kappa shape index (κ3) is 2.80. The number of benzene rings is 1. The number of amides is 1. The zero-order valence-corrected chi connectivity index (χ0v) is 12.2. The molecule has 3 rings (SSSR count). The highest BCUT2D eigenvalue weighted by Crippen LogP contribution is 2.15. The molecule has 1 aliphatic heterocycles. The normalized spacial score (nSPS) is 14.4. The van der Waals surface area contributed by atoms with Crippen LogP contribution in [-0.4, -0.2) is 33.9 Å². The van der Waals surface area contributed by atoms with Gasteiger partial charge in [0.15, 0.2) is 0 Å². The molecule has 0 saturated carbocycles. The fourth-order valence-corrected chi connectivity index (χ4v) is 2.35. The summed E-state index contributed by atoms with van der Waals surface area (Å²) in [5.74, 6) is 0.908. The van der Waals surface area contributed by atoms with Gasteiger partial charge in [0.1, 0.15) is 5.82 Å². The van der Waals surface area contributed by atoms with E-state index in [0.29, 0.717) is 32.0 Å². The van der Waals surface area contributed by atoms with Gasteiger partial charge in [0.2, 0.25) is 5.82 Å². The van der Waals surface area contributed by atoms with Gasteiger partial charge in [0.05, 0.1) is 13.2 Å². The molecule has 1 aliphatic rings. The van der Waals surface area contributed by atoms with E-state index in [1.165, 1.54) is 5.56 Å². The second kappa shape index (κ2) is 5.65. The fraction of sp³-hybridized carbons (Fsp3) is 0.400. The standard InChI is InChI=1S/C15H18N4O2/c1-10-3-4-12(9-11(10)2)16-15(20)14-18-17-13-5-7-21-8-6-19(13)14/h3-4,9H,5-8H2,1-2H3,(H,16,20). The van der Waals surface area contributed by atoms with Gasteiger partial charge in [-0.1, -0.05) is 6.07 Å². The number of fused-ring (bicyclic) bond motifs is 1. The van der Waals surface area contributed by atoms with Crippen LogP contribution in [-0.2, 0) is 17.7 Å². The average molecular weight is 286 g/mol. The highest BCUT2D eigenvalue weighted by Gasteiger charge is 2.20. The third-order valence-corrected chi connectivity index (χ3v) is 3.72. The number of carbonyl (C=O) groups is 1. The number of aromatic nitrogens is 3. The van der Waals surface area contributed by atoms with Crippen LogP contribution in [0.15, 0.2) is 18.2 Å². The first-order chi connectivity index (χ1) is 10.1. The summed E-state index contributed by atoms with van der Waals surface area (Å²) in [6, 6.07) is 5.84. The van der Waals surface area contributed by atoms with Gasteiger partial charge in [-0.2, -0.15) is 0 Å². The van der Waals surface area contributed by atoms with Gasteiger partial charge in [-0.15, -0.1) is 10.2 Å². The van der Waals surface area contributed by atoms with Crippen LogP contribution in [0.2, 0.25) is 0 Å². The Morgan fingerprint density at radius 2 is 2.10 bits per heavy atom. The molecule has 0 bridgehead atoms. The molecule has 110 valence electrons. The summed E-state index contributed by atoms with van der Waals surface area (Å²) in [6.07, 6.45) is 0.684. The molecule has 0 fully saturated rings. The maximum atomic E-state index is 12.4. The lowest BCUT2D eigenvalue weighted by atomic mass is 10.1. The fourth-order valence-electron chi connectivity index (χ4n) is 2.35. The van der Waals surface area contributed by atoms with E-state index in [2.05, 4.69) is 15.5 Å². The Labute approximate surface area is 123 Å². The molecule has 0 aliphatic carbocycles. The van der Waals surface area contributed by atoms with Crippen molar-refractivity contribution in [3.05, 3.63) is 41.0 Å². The van der Waals surface area contributed by atoms with Gasteiger partial charge in [0.25, 0.3) is 5.91 Å². The number of hydrogen-bond donors (Lipinski definition) is 1. The summed E-state index contributed by atoms with van der Waals surface area (Å²) in [7, 11) is 0. The summed E-state index contributed by atoms with van der Waals surface area (Å²) < 4.78 is 7.23. The summed E-state index contributed by atoms with van der Waals surface area (Å²) in [5.41, 5.74) is 3.10. The van der Waals surface area contributed by atoms with Gasteiger partial charge >= 0.3 is 0 Å². The molecule has 2 heterocycles. The zero-order valence-electron chi connectivity index (χ0n) is 12.2. The van der Waals surface area contributed by atoms with E-state index in [1.807, 2.05) is 36.6 Å². The molecule has 6 heteroatoms. The van der Waals surface area contributed by atoms with Gasteiger partial charge in [-0.05, 0) is 37.1 Å². The molecule has 1 aromatic carbocycles. The largest absolute Gasteiger partial charge is 0.379 e. The van der Waals surface area contributed by atoms with Crippen LogP contribution in [0.3, 0.4) is 0 Å². The highest BCUT2D eigenvalue weighted by molar-refractivity contribution is 6.01. The number of rotatable bonds is 2. The van der Waals surface area contributed by atoms with Gasteiger partial charge < -0.3 is 14.6 Å². The van der Waals surface area contributed by atoms with Crippen molar-refractivity contribution in [2.75, 3.05) is 18.5 Å². The second-order valence-corrected chi connectivity index (χ2v) is 5.21. The summed E-state index contributed by atoms with van der Waals surface area (Å²) in [4.78, 5) is 12.4. The van der Waals surface area contributed by atoms with Crippen molar-refractivity contribution >= 4 is 11.6 Å². The Bertz CT molecular complexity index is 678. The van der Waals surface area contributed by atoms with E-state index in [4.69, 9.17) is 4.74 Å². The van der Waals surface area contributed by atoms with E-state index >= 15 is 0 Å². The highest BCUT2D eigenvalue weighted by atomic mass is 16.5. The summed E-state index contributed by atoms with van der Waals surface area (Å²) in [5, 5.41) is 11.0. The van der Waals surface area contributed by atoms with E-state index in [9.17, 15) is 4.79 Å². The SMILES string of the molecule is Cc1ccc(NC(=O)c2nnc3n2CCOCC3)cc1C. The molecule has 0 unspecified atom stereocenters. The van der Waals surface area contributed by atoms with Crippen molar-refractivity contribution in [3.63, 3.8) is 0 Å². The number of aryl methyl sites for hydroxylation is 2. The first-order valence-corrected chi connectivity index (χ1v) is 7.03. The monoisotopic (exact) mass is 286 g/mol. The number of nitrogens with zero attached hydrogens (tertiary/aromatic N) is 3. The maximum absolute atomic E-state index is 12.4. The smallest absolute Gasteiger partial charge is 0.293 e. The molecule has 1 amide bonds. The van der Waals surface area contributed by atoms with Crippen molar-refractivity contribution in [3.8, 4) is 0 Å². The predicted molar refractivity (Wildman–Crippen MR) is 78.4 cm³/mol. The molecule has 1 N–H and O–H groups in total. The lowest BCUT2D eigenvalue weighted by Crippen LogP contribution is -2.20. The Hall–Kier alpha value is -2.21. The van der Waals surface area contributed by atoms with Gasteiger partial charge in [-0.3, -0.25) is 4.79 Å². The minimum absolute atomic E-state index is 0.237. The van der Waals surface area contributed by atoms with E-state index in [1.54, 1.807) is 0 Å². The van der Waals surface area contributed by atoms with Crippen LogP contribution < -0.4 is 5.32 Å². The molecule has 0 spiro atoms. The maximum Gasteiger partial charge on any atom is 0.293 e. The Morgan fingerprint density at radius 3 is 2.90 bits per heavy atom. The van der Waals surface area contributed by atoms with Crippen LogP contribution in [0.1, 0.15) is 27.6 Å². The average Bonchev–Trinajstić information content (AvgIpc) is 2.72. The van der Waals surface area contributed by atoms with Crippen LogP contribution in [0.5, 0.6) is 0 Å². The Balaban J connectivity index is 1.82. The molecule has 0 saturated heterocycles. The van der Waals surface area contributed by atoms with E-state index in [0.717, 1.165) is 17.1 Å².